The fourth-order valence-electron chi connectivity index (χ4n) is 2.10. The maximum absolute atomic E-state index is 12.3. The number of ether oxygens (including phenoxy) is 1. The quantitative estimate of drug-likeness (QED) is 0.780. The first-order valence-corrected chi connectivity index (χ1v) is 6.26. The molecule has 2 aromatic heterocycles. The van der Waals surface area contributed by atoms with Gasteiger partial charge in [0.2, 0.25) is 0 Å². The molecule has 0 aliphatic carbocycles. The van der Waals surface area contributed by atoms with Crippen LogP contribution in [0.25, 0.3) is 11.0 Å². The molecule has 0 saturated carbocycles. The fourth-order valence-corrected chi connectivity index (χ4v) is 2.10. The SMILES string of the molecule is CCNC(COC)Cn1cnc2c(cnn2C)c1=O. The largest absolute Gasteiger partial charge is 0.383 e. The number of nitrogens with zero attached hydrogens (tertiary/aromatic N) is 4. The molecule has 0 spiro atoms. The third-order valence-corrected chi connectivity index (χ3v) is 3.00. The highest BCUT2D eigenvalue weighted by Gasteiger charge is 2.12. The van der Waals surface area contributed by atoms with E-state index >= 15 is 0 Å². The van der Waals surface area contributed by atoms with Gasteiger partial charge in [0.1, 0.15) is 11.7 Å². The lowest BCUT2D eigenvalue weighted by molar-refractivity contribution is 0.159. The lowest BCUT2D eigenvalue weighted by Crippen LogP contribution is -2.39. The average molecular weight is 265 g/mol. The van der Waals surface area contributed by atoms with Crippen molar-refractivity contribution >= 4 is 11.0 Å². The van der Waals surface area contributed by atoms with Crippen molar-refractivity contribution in [3.63, 3.8) is 0 Å². The number of fused-ring (bicyclic) bond motifs is 1. The first-order chi connectivity index (χ1) is 9.17. The molecule has 2 heterocycles. The molecule has 0 aliphatic rings. The van der Waals surface area contributed by atoms with Crippen LogP contribution in [0.4, 0.5) is 0 Å². The minimum Gasteiger partial charge on any atom is -0.383 e. The molecule has 7 nitrogen and oxygen atoms in total. The van der Waals surface area contributed by atoms with E-state index in [0.717, 1.165) is 6.54 Å². The Morgan fingerprint density at radius 3 is 3.00 bits per heavy atom. The Balaban J connectivity index is 2.29. The van der Waals surface area contributed by atoms with Gasteiger partial charge in [0.15, 0.2) is 5.65 Å². The number of rotatable bonds is 6. The summed E-state index contributed by atoms with van der Waals surface area (Å²) in [7, 11) is 3.42. The minimum absolute atomic E-state index is 0.0721. The Labute approximate surface area is 111 Å². The van der Waals surface area contributed by atoms with Crippen LogP contribution in [0.5, 0.6) is 0 Å². The van der Waals surface area contributed by atoms with Crippen LogP contribution in [0.2, 0.25) is 0 Å². The standard InChI is InChI=1S/C12H19N5O2/c1-4-13-9(7-19-3)6-17-8-14-11-10(12(17)18)5-15-16(11)2/h5,8-9,13H,4,6-7H2,1-3H3. The maximum atomic E-state index is 12.3. The van der Waals surface area contributed by atoms with Crippen molar-refractivity contribution in [1.82, 2.24) is 24.6 Å². The highest BCUT2D eigenvalue weighted by molar-refractivity contribution is 5.72. The van der Waals surface area contributed by atoms with E-state index in [9.17, 15) is 4.79 Å². The Bertz CT molecular complexity index is 598. The van der Waals surface area contributed by atoms with Crippen LogP contribution in [0, 0.1) is 0 Å². The van der Waals surface area contributed by atoms with Crippen molar-refractivity contribution in [2.75, 3.05) is 20.3 Å². The van der Waals surface area contributed by atoms with E-state index < -0.39 is 0 Å². The maximum Gasteiger partial charge on any atom is 0.264 e. The fraction of sp³-hybridized carbons (Fsp3) is 0.583. The number of aromatic nitrogens is 4. The zero-order chi connectivity index (χ0) is 13.8. The van der Waals surface area contributed by atoms with Crippen LogP contribution in [0.3, 0.4) is 0 Å². The summed E-state index contributed by atoms with van der Waals surface area (Å²) in [5.41, 5.74) is 0.532. The van der Waals surface area contributed by atoms with Gasteiger partial charge >= 0.3 is 0 Å². The molecule has 0 bridgehead atoms. The van der Waals surface area contributed by atoms with Gasteiger partial charge in [0.05, 0.1) is 12.8 Å². The molecule has 7 heteroatoms. The van der Waals surface area contributed by atoms with Gasteiger partial charge in [-0.15, -0.1) is 0 Å². The van der Waals surface area contributed by atoms with E-state index in [1.54, 1.807) is 35.9 Å². The Morgan fingerprint density at radius 2 is 2.32 bits per heavy atom. The number of aryl methyl sites for hydroxylation is 1. The van der Waals surface area contributed by atoms with Crippen molar-refractivity contribution < 1.29 is 4.74 Å². The van der Waals surface area contributed by atoms with Crippen LogP contribution in [-0.2, 0) is 18.3 Å². The Kier molecular flexibility index (Phi) is 4.28. The number of methoxy groups -OCH3 is 1. The van der Waals surface area contributed by atoms with E-state index in [2.05, 4.69) is 15.4 Å². The van der Waals surface area contributed by atoms with Crippen LogP contribution in [-0.4, -0.2) is 45.6 Å². The van der Waals surface area contributed by atoms with Crippen LogP contribution < -0.4 is 10.9 Å². The second-order valence-electron chi connectivity index (χ2n) is 4.42. The first kappa shape index (κ1) is 13.7. The van der Waals surface area contributed by atoms with Gasteiger partial charge in [0, 0.05) is 26.7 Å². The molecular weight excluding hydrogens is 246 g/mol. The number of hydrogen-bond acceptors (Lipinski definition) is 5. The Morgan fingerprint density at radius 1 is 1.53 bits per heavy atom. The lowest BCUT2D eigenvalue weighted by Gasteiger charge is -2.17. The smallest absolute Gasteiger partial charge is 0.264 e. The molecule has 0 radical (unpaired) electrons. The second kappa shape index (κ2) is 5.94. The molecule has 0 amide bonds. The molecule has 0 aliphatic heterocycles. The number of nitrogens with one attached hydrogen (secondary N) is 1. The molecule has 104 valence electrons. The lowest BCUT2D eigenvalue weighted by atomic mass is 10.3. The van der Waals surface area contributed by atoms with Gasteiger partial charge in [-0.3, -0.25) is 14.0 Å². The summed E-state index contributed by atoms with van der Waals surface area (Å²) in [6.07, 6.45) is 3.12. The molecule has 0 saturated heterocycles. The molecule has 2 aromatic rings. The summed E-state index contributed by atoms with van der Waals surface area (Å²) in [6.45, 7) is 3.92. The van der Waals surface area contributed by atoms with E-state index in [-0.39, 0.29) is 11.6 Å². The van der Waals surface area contributed by atoms with Crippen molar-refractivity contribution in [3.05, 3.63) is 22.9 Å². The molecular formula is C12H19N5O2. The first-order valence-electron chi connectivity index (χ1n) is 6.26. The zero-order valence-electron chi connectivity index (χ0n) is 11.5. The van der Waals surface area contributed by atoms with Crippen molar-refractivity contribution in [2.45, 2.75) is 19.5 Å². The third-order valence-electron chi connectivity index (χ3n) is 3.00. The normalized spacial score (nSPS) is 13.0. The summed E-state index contributed by atoms with van der Waals surface area (Å²) in [4.78, 5) is 16.6. The zero-order valence-corrected chi connectivity index (χ0v) is 11.5. The van der Waals surface area contributed by atoms with Crippen molar-refractivity contribution in [2.24, 2.45) is 7.05 Å². The van der Waals surface area contributed by atoms with Crippen LogP contribution >= 0.6 is 0 Å². The third kappa shape index (κ3) is 2.82. The summed E-state index contributed by atoms with van der Waals surface area (Å²) < 4.78 is 8.33. The highest BCUT2D eigenvalue weighted by atomic mass is 16.5. The highest BCUT2D eigenvalue weighted by Crippen LogP contribution is 2.03. The minimum atomic E-state index is -0.0721. The second-order valence-corrected chi connectivity index (χ2v) is 4.42. The van der Waals surface area contributed by atoms with Crippen molar-refractivity contribution in [1.29, 1.82) is 0 Å². The van der Waals surface area contributed by atoms with Gasteiger partial charge in [-0.25, -0.2) is 4.98 Å². The molecule has 0 fully saturated rings. The topological polar surface area (TPSA) is 74.0 Å². The van der Waals surface area contributed by atoms with Gasteiger partial charge in [-0.1, -0.05) is 6.92 Å². The predicted molar refractivity (Wildman–Crippen MR) is 72.1 cm³/mol. The molecule has 1 N–H and O–H groups in total. The summed E-state index contributed by atoms with van der Waals surface area (Å²) in [6, 6.07) is 0.0867. The van der Waals surface area contributed by atoms with E-state index in [0.29, 0.717) is 24.2 Å². The molecule has 1 unspecified atom stereocenters. The van der Waals surface area contributed by atoms with Crippen molar-refractivity contribution in [3.8, 4) is 0 Å². The Hall–Kier alpha value is -1.73. The van der Waals surface area contributed by atoms with Gasteiger partial charge in [-0.2, -0.15) is 5.10 Å². The van der Waals surface area contributed by atoms with E-state index in [4.69, 9.17) is 4.74 Å². The van der Waals surface area contributed by atoms with Crippen LogP contribution in [0.15, 0.2) is 17.3 Å². The molecule has 0 aromatic carbocycles. The molecule has 19 heavy (non-hydrogen) atoms. The van der Waals surface area contributed by atoms with Gasteiger partial charge < -0.3 is 10.1 Å². The summed E-state index contributed by atoms with van der Waals surface area (Å²) in [5, 5.41) is 7.87. The van der Waals surface area contributed by atoms with Crippen LogP contribution in [0.1, 0.15) is 6.92 Å². The summed E-state index contributed by atoms with van der Waals surface area (Å²) in [5.74, 6) is 0. The predicted octanol–water partition coefficient (Wildman–Crippen LogP) is -0.246. The van der Waals surface area contributed by atoms with E-state index in [1.807, 2.05) is 6.92 Å². The van der Waals surface area contributed by atoms with Gasteiger partial charge in [-0.05, 0) is 6.54 Å². The monoisotopic (exact) mass is 265 g/mol. The average Bonchev–Trinajstić information content (AvgIpc) is 2.76. The molecule has 2 rings (SSSR count). The summed E-state index contributed by atoms with van der Waals surface area (Å²) >= 11 is 0. The molecule has 1 atom stereocenters. The number of likely N-dealkylation sites (N-methyl/N-ethyl adjacent to an activating group) is 1. The van der Waals surface area contributed by atoms with Gasteiger partial charge in [0.25, 0.3) is 5.56 Å². The van der Waals surface area contributed by atoms with E-state index in [1.165, 1.54) is 0 Å². The number of hydrogen-bond donors (Lipinski definition) is 1.